The quantitative estimate of drug-likeness (QED) is 0.819. The Morgan fingerprint density at radius 3 is 2.75 bits per heavy atom. The molecule has 1 heterocycles. The van der Waals surface area contributed by atoms with Gasteiger partial charge in [-0.05, 0) is 12.1 Å². The lowest BCUT2D eigenvalue weighted by atomic mass is 10.2. The number of para-hydroxylation sites is 2. The minimum Gasteiger partial charge on any atom is -0.530 e. The van der Waals surface area contributed by atoms with E-state index < -0.39 is 6.09 Å². The van der Waals surface area contributed by atoms with Gasteiger partial charge < -0.3 is 24.7 Å². The van der Waals surface area contributed by atoms with Crippen molar-refractivity contribution < 1.29 is 19.4 Å². The number of nitrogens with one attached hydrogen (secondary N) is 2. The van der Waals surface area contributed by atoms with Gasteiger partial charge in [0.25, 0.3) is 0 Å². The fourth-order valence-corrected chi connectivity index (χ4v) is 1.59. The summed E-state index contributed by atoms with van der Waals surface area (Å²) in [4.78, 5) is 10.7. The van der Waals surface area contributed by atoms with E-state index in [-0.39, 0.29) is 0 Å². The van der Waals surface area contributed by atoms with E-state index in [1.54, 1.807) is 30.3 Å². The Morgan fingerprint density at radius 2 is 2.10 bits per heavy atom. The molecule has 2 rings (SSSR count). The van der Waals surface area contributed by atoms with E-state index in [1.165, 1.54) is 19.3 Å². The molecule has 0 bridgehead atoms. The molecule has 8 heteroatoms. The van der Waals surface area contributed by atoms with Gasteiger partial charge in [0.15, 0.2) is 0 Å². The van der Waals surface area contributed by atoms with Gasteiger partial charge in [0, 0.05) is 0 Å². The van der Waals surface area contributed by atoms with Crippen LogP contribution in [0.1, 0.15) is 0 Å². The van der Waals surface area contributed by atoms with Crippen LogP contribution in [-0.4, -0.2) is 26.2 Å². The third kappa shape index (κ3) is 2.91. The second-order valence-electron chi connectivity index (χ2n) is 3.71. The van der Waals surface area contributed by atoms with Gasteiger partial charge in [-0.3, -0.25) is 0 Å². The Bertz CT molecular complexity index is 570. The zero-order valence-electron chi connectivity index (χ0n) is 10.9. The minimum absolute atomic E-state index is 0.309. The van der Waals surface area contributed by atoms with Crippen molar-refractivity contribution in [3.8, 4) is 0 Å². The van der Waals surface area contributed by atoms with Crippen molar-refractivity contribution in [3.63, 3.8) is 0 Å². The SMILES string of the molecule is COC1=CC(OC)=NN(c2ccccc2NC(=O)[O-])N1. The first-order chi connectivity index (χ1) is 9.63. The largest absolute Gasteiger partial charge is 0.530 e. The van der Waals surface area contributed by atoms with Crippen molar-refractivity contribution >= 4 is 23.4 Å². The van der Waals surface area contributed by atoms with Gasteiger partial charge in [-0.2, -0.15) is 5.12 Å². The number of carboxylic acid groups (broad SMARTS) is 1. The molecule has 0 aromatic heterocycles. The van der Waals surface area contributed by atoms with Crippen LogP contribution in [0.3, 0.4) is 0 Å². The topological polar surface area (TPSA) is 98.2 Å². The fraction of sp³-hybridized carbons (Fsp3) is 0.167. The predicted molar refractivity (Wildman–Crippen MR) is 70.6 cm³/mol. The molecule has 0 unspecified atom stereocenters. The van der Waals surface area contributed by atoms with E-state index in [4.69, 9.17) is 9.47 Å². The van der Waals surface area contributed by atoms with Crippen LogP contribution in [0.15, 0.2) is 41.3 Å². The molecule has 1 aliphatic heterocycles. The maximum atomic E-state index is 10.7. The number of methoxy groups -OCH3 is 2. The summed E-state index contributed by atoms with van der Waals surface area (Å²) in [5.41, 5.74) is 3.63. The molecule has 20 heavy (non-hydrogen) atoms. The molecule has 2 N–H and O–H groups in total. The lowest BCUT2D eigenvalue weighted by Crippen LogP contribution is -2.39. The number of anilines is 2. The molecule has 0 saturated carbocycles. The number of carbonyl (C=O) groups is 1. The molecule has 0 radical (unpaired) electrons. The number of hydrazine groups is 1. The summed E-state index contributed by atoms with van der Waals surface area (Å²) in [6, 6.07) is 6.68. The van der Waals surface area contributed by atoms with E-state index in [9.17, 15) is 9.90 Å². The molecule has 1 aromatic carbocycles. The highest BCUT2D eigenvalue weighted by atomic mass is 16.5. The van der Waals surface area contributed by atoms with Crippen LogP contribution >= 0.6 is 0 Å². The first-order valence-corrected chi connectivity index (χ1v) is 5.66. The average Bonchev–Trinajstić information content (AvgIpc) is 2.46. The van der Waals surface area contributed by atoms with Crippen LogP contribution in [0.25, 0.3) is 0 Å². The molecule has 1 amide bonds. The second kappa shape index (κ2) is 5.83. The molecule has 8 nitrogen and oxygen atoms in total. The number of hydrazone groups is 1. The van der Waals surface area contributed by atoms with Crippen LogP contribution in [0.5, 0.6) is 0 Å². The van der Waals surface area contributed by atoms with E-state index in [0.29, 0.717) is 23.2 Å². The van der Waals surface area contributed by atoms with E-state index in [2.05, 4.69) is 15.8 Å². The smallest absolute Gasteiger partial charge is 0.238 e. The summed E-state index contributed by atoms with van der Waals surface area (Å²) < 4.78 is 10.2. The highest BCUT2D eigenvalue weighted by molar-refractivity contribution is 5.91. The average molecular weight is 277 g/mol. The number of hydrogen-bond donors (Lipinski definition) is 2. The first-order valence-electron chi connectivity index (χ1n) is 5.66. The van der Waals surface area contributed by atoms with Crippen molar-refractivity contribution in [1.82, 2.24) is 5.43 Å². The van der Waals surface area contributed by atoms with Gasteiger partial charge in [0.2, 0.25) is 11.8 Å². The number of benzene rings is 1. The van der Waals surface area contributed by atoms with Gasteiger partial charge in [-0.1, -0.05) is 12.1 Å². The summed E-state index contributed by atoms with van der Waals surface area (Å²) in [6.07, 6.45) is 0.151. The van der Waals surface area contributed by atoms with Crippen LogP contribution in [0.4, 0.5) is 16.2 Å². The lowest BCUT2D eigenvalue weighted by molar-refractivity contribution is -0.242. The highest BCUT2D eigenvalue weighted by Gasteiger charge is 2.18. The molecular formula is C12H13N4O4-. The zero-order valence-corrected chi connectivity index (χ0v) is 10.9. The number of rotatable bonds is 3. The van der Waals surface area contributed by atoms with Gasteiger partial charge in [0.1, 0.15) is 11.8 Å². The molecule has 0 spiro atoms. The zero-order chi connectivity index (χ0) is 14.5. The summed E-state index contributed by atoms with van der Waals surface area (Å²) in [6.45, 7) is 0. The molecule has 0 aliphatic carbocycles. The maximum absolute atomic E-state index is 10.7. The number of amides is 1. The Balaban J connectivity index is 2.34. The maximum Gasteiger partial charge on any atom is 0.238 e. The Hall–Kier alpha value is -2.90. The third-order valence-electron chi connectivity index (χ3n) is 2.47. The van der Waals surface area contributed by atoms with Crippen molar-refractivity contribution in [2.45, 2.75) is 0 Å². The first kappa shape index (κ1) is 13.5. The van der Waals surface area contributed by atoms with E-state index >= 15 is 0 Å². The molecule has 106 valence electrons. The number of nitrogens with zero attached hydrogens (tertiary/aromatic N) is 2. The molecule has 1 aliphatic rings. The van der Waals surface area contributed by atoms with E-state index in [1.807, 2.05) is 0 Å². The van der Waals surface area contributed by atoms with Crippen molar-refractivity contribution in [1.29, 1.82) is 0 Å². The lowest BCUT2D eigenvalue weighted by Gasteiger charge is -2.27. The van der Waals surface area contributed by atoms with Crippen molar-refractivity contribution in [2.75, 3.05) is 24.7 Å². The third-order valence-corrected chi connectivity index (χ3v) is 2.47. The Labute approximate surface area is 115 Å². The fourth-order valence-electron chi connectivity index (χ4n) is 1.59. The minimum atomic E-state index is -1.41. The number of ether oxygens (including phenoxy) is 2. The Kier molecular flexibility index (Phi) is 3.94. The normalized spacial score (nSPS) is 13.8. The predicted octanol–water partition coefficient (Wildman–Crippen LogP) is 0.214. The molecular weight excluding hydrogens is 264 g/mol. The highest BCUT2D eigenvalue weighted by Crippen LogP contribution is 2.26. The van der Waals surface area contributed by atoms with Gasteiger partial charge in [-0.15, -0.1) is 5.10 Å². The van der Waals surface area contributed by atoms with Gasteiger partial charge in [-0.25, -0.2) is 5.43 Å². The van der Waals surface area contributed by atoms with Gasteiger partial charge >= 0.3 is 0 Å². The molecule has 0 atom stereocenters. The number of hydrogen-bond acceptors (Lipinski definition) is 7. The summed E-state index contributed by atoms with van der Waals surface area (Å²) in [7, 11) is 2.96. The van der Waals surface area contributed by atoms with Crippen LogP contribution in [-0.2, 0) is 9.47 Å². The van der Waals surface area contributed by atoms with Crippen LogP contribution in [0.2, 0.25) is 0 Å². The van der Waals surface area contributed by atoms with Crippen molar-refractivity contribution in [2.24, 2.45) is 5.10 Å². The summed E-state index contributed by atoms with van der Waals surface area (Å²) in [5.74, 6) is 0.712. The summed E-state index contributed by atoms with van der Waals surface area (Å²) in [5, 5.41) is 18.4. The molecule has 0 saturated heterocycles. The monoisotopic (exact) mass is 277 g/mol. The summed E-state index contributed by atoms with van der Waals surface area (Å²) >= 11 is 0. The van der Waals surface area contributed by atoms with Crippen molar-refractivity contribution in [3.05, 3.63) is 36.2 Å². The van der Waals surface area contributed by atoms with Crippen LogP contribution in [0, 0.1) is 0 Å². The van der Waals surface area contributed by atoms with Crippen LogP contribution < -0.4 is 21.0 Å². The molecule has 0 fully saturated rings. The van der Waals surface area contributed by atoms with Gasteiger partial charge in [0.05, 0.1) is 26.0 Å². The second-order valence-corrected chi connectivity index (χ2v) is 3.71. The number of carbonyl (C=O) groups excluding carboxylic acids is 1. The Morgan fingerprint density at radius 1 is 1.35 bits per heavy atom. The standard InChI is InChI=1S/C12H14N4O4/c1-19-10-7-11(20-2)15-16(14-10)9-6-4-3-5-8(9)13-12(17)18/h3-7,13-14H,1-2H3,(H,17,18)/p-1. The van der Waals surface area contributed by atoms with E-state index in [0.717, 1.165) is 0 Å². The molecule has 1 aromatic rings.